The summed E-state index contributed by atoms with van der Waals surface area (Å²) in [5.41, 5.74) is 9.48. The summed E-state index contributed by atoms with van der Waals surface area (Å²) in [5, 5.41) is 0. The molecule has 1 unspecified atom stereocenters. The van der Waals surface area contributed by atoms with Crippen molar-refractivity contribution in [1.29, 1.82) is 0 Å². The van der Waals surface area contributed by atoms with Gasteiger partial charge in [-0.3, -0.25) is 0 Å². The van der Waals surface area contributed by atoms with Gasteiger partial charge in [0.15, 0.2) is 5.96 Å². The summed E-state index contributed by atoms with van der Waals surface area (Å²) >= 11 is 3.65. The number of halogens is 1. The van der Waals surface area contributed by atoms with Crippen molar-refractivity contribution in [2.45, 2.75) is 65.0 Å². The maximum atomic E-state index is 6.48. The lowest BCUT2D eigenvalue weighted by Gasteiger charge is -2.40. The van der Waals surface area contributed by atoms with Crippen LogP contribution in [-0.4, -0.2) is 30.7 Å². The summed E-state index contributed by atoms with van der Waals surface area (Å²) in [6.45, 7) is 7.09. The van der Waals surface area contributed by atoms with Gasteiger partial charge in [0.05, 0.1) is 6.04 Å². The maximum absolute atomic E-state index is 6.48. The zero-order valence-corrected chi connectivity index (χ0v) is 18.1. The second-order valence-corrected chi connectivity index (χ2v) is 9.35. The largest absolute Gasteiger partial charge is 0.370 e. The average molecular weight is 422 g/mol. The predicted molar refractivity (Wildman–Crippen MR) is 111 cm³/mol. The van der Waals surface area contributed by atoms with Crippen LogP contribution >= 0.6 is 15.9 Å². The molecule has 2 aliphatic rings. The highest BCUT2D eigenvalue weighted by molar-refractivity contribution is 9.10. The second-order valence-electron chi connectivity index (χ2n) is 8.44. The van der Waals surface area contributed by atoms with Gasteiger partial charge in [-0.25, -0.2) is 4.99 Å². The third-order valence-corrected chi connectivity index (χ3v) is 6.74. The van der Waals surface area contributed by atoms with Gasteiger partial charge < -0.3 is 15.4 Å². The summed E-state index contributed by atoms with van der Waals surface area (Å²) in [6, 6.07) is 7.06. The molecule has 0 saturated heterocycles. The molecule has 2 aliphatic carbocycles. The van der Waals surface area contributed by atoms with Crippen molar-refractivity contribution in [3.63, 3.8) is 0 Å². The number of aliphatic imine (C=N–C) groups is 1. The highest BCUT2D eigenvalue weighted by Gasteiger charge is 2.47. The van der Waals surface area contributed by atoms with E-state index in [0.717, 1.165) is 16.8 Å². The van der Waals surface area contributed by atoms with E-state index >= 15 is 0 Å². The fourth-order valence-corrected chi connectivity index (χ4v) is 4.98. The molecule has 2 N–H and O–H groups in total. The SMILES string of the molecule is COCN(/C(N)=N\C1c2cc(Br)ccc2C[C@]12CC[C@@H](C)CC2)C(C)C. The van der Waals surface area contributed by atoms with Crippen LogP contribution in [0.25, 0.3) is 0 Å². The summed E-state index contributed by atoms with van der Waals surface area (Å²) in [5.74, 6) is 1.41. The predicted octanol–water partition coefficient (Wildman–Crippen LogP) is 4.87. The number of benzene rings is 1. The molecule has 0 amide bonds. The molecule has 0 bridgehead atoms. The van der Waals surface area contributed by atoms with Crippen molar-refractivity contribution in [2.75, 3.05) is 13.8 Å². The Labute approximate surface area is 166 Å². The Morgan fingerprint density at radius 1 is 1.38 bits per heavy atom. The first-order valence-corrected chi connectivity index (χ1v) is 10.5. The Morgan fingerprint density at radius 3 is 2.69 bits per heavy atom. The van der Waals surface area contributed by atoms with E-state index in [1.165, 1.54) is 36.8 Å². The van der Waals surface area contributed by atoms with E-state index in [1.54, 1.807) is 7.11 Å². The van der Waals surface area contributed by atoms with Crippen molar-refractivity contribution >= 4 is 21.9 Å². The molecule has 4 nitrogen and oxygen atoms in total. The van der Waals surface area contributed by atoms with Gasteiger partial charge in [0.1, 0.15) is 6.73 Å². The molecule has 0 heterocycles. The van der Waals surface area contributed by atoms with Crippen LogP contribution in [0.5, 0.6) is 0 Å². The van der Waals surface area contributed by atoms with Crippen LogP contribution in [0.4, 0.5) is 0 Å². The van der Waals surface area contributed by atoms with E-state index in [-0.39, 0.29) is 17.5 Å². The van der Waals surface area contributed by atoms with E-state index in [0.29, 0.717) is 12.7 Å². The Hall–Kier alpha value is -1.07. The van der Waals surface area contributed by atoms with Gasteiger partial charge in [0.25, 0.3) is 0 Å². The standard InChI is InChI=1S/C21H32BrN3O/c1-14(2)25(13-26-4)20(23)24-19-18-11-17(22)6-5-16(18)12-21(19)9-7-15(3)8-10-21/h5-6,11,14-15,19H,7-10,12-13H2,1-4H3,(H2,23,24)/t15-,19?,21-. The molecule has 1 spiro atoms. The van der Waals surface area contributed by atoms with Crippen molar-refractivity contribution in [2.24, 2.45) is 22.1 Å². The first-order chi connectivity index (χ1) is 12.4. The second kappa shape index (κ2) is 7.89. The Bertz CT molecular complexity index is 665. The van der Waals surface area contributed by atoms with E-state index in [2.05, 4.69) is 54.9 Å². The fourth-order valence-electron chi connectivity index (χ4n) is 4.61. The number of hydrogen-bond acceptors (Lipinski definition) is 2. The molecule has 0 aliphatic heterocycles. The molecule has 1 aromatic carbocycles. The molecule has 144 valence electrons. The van der Waals surface area contributed by atoms with Crippen molar-refractivity contribution in [3.8, 4) is 0 Å². The summed E-state index contributed by atoms with van der Waals surface area (Å²) in [7, 11) is 1.70. The highest BCUT2D eigenvalue weighted by Crippen LogP contribution is 2.57. The van der Waals surface area contributed by atoms with Crippen molar-refractivity contribution in [1.82, 2.24) is 4.90 Å². The van der Waals surface area contributed by atoms with E-state index in [4.69, 9.17) is 15.5 Å². The highest BCUT2D eigenvalue weighted by atomic mass is 79.9. The molecule has 1 aromatic rings. The number of nitrogens with two attached hydrogens (primary N) is 1. The molecular weight excluding hydrogens is 390 g/mol. The molecule has 3 rings (SSSR count). The number of nitrogens with zero attached hydrogens (tertiary/aromatic N) is 2. The Morgan fingerprint density at radius 2 is 2.08 bits per heavy atom. The van der Waals surface area contributed by atoms with Crippen LogP contribution in [0.2, 0.25) is 0 Å². The van der Waals surface area contributed by atoms with Gasteiger partial charge in [-0.2, -0.15) is 0 Å². The minimum Gasteiger partial charge on any atom is -0.370 e. The molecule has 1 atom stereocenters. The van der Waals surface area contributed by atoms with Gasteiger partial charge in [0, 0.05) is 23.0 Å². The zero-order chi connectivity index (χ0) is 18.9. The molecule has 5 heteroatoms. The van der Waals surface area contributed by atoms with Gasteiger partial charge in [-0.15, -0.1) is 0 Å². The number of hydrogen-bond donors (Lipinski definition) is 1. The smallest absolute Gasteiger partial charge is 0.193 e. The van der Waals surface area contributed by atoms with Crippen LogP contribution in [0, 0.1) is 11.3 Å². The van der Waals surface area contributed by atoms with Crippen molar-refractivity contribution < 1.29 is 4.74 Å². The molecule has 26 heavy (non-hydrogen) atoms. The average Bonchev–Trinajstić information content (AvgIpc) is 2.88. The van der Waals surface area contributed by atoms with E-state index in [9.17, 15) is 0 Å². The number of guanidine groups is 1. The minimum atomic E-state index is 0.139. The molecule has 0 aromatic heterocycles. The lowest BCUT2D eigenvalue weighted by molar-refractivity contribution is 0.0896. The Balaban J connectivity index is 1.99. The van der Waals surface area contributed by atoms with E-state index < -0.39 is 0 Å². The van der Waals surface area contributed by atoms with E-state index in [1.807, 2.05) is 4.90 Å². The topological polar surface area (TPSA) is 50.9 Å². The third kappa shape index (κ3) is 3.79. The third-order valence-electron chi connectivity index (χ3n) is 6.24. The first-order valence-electron chi connectivity index (χ1n) is 9.73. The van der Waals surface area contributed by atoms with Crippen molar-refractivity contribution in [3.05, 3.63) is 33.8 Å². The number of methoxy groups -OCH3 is 1. The van der Waals surface area contributed by atoms with Gasteiger partial charge in [-0.05, 0) is 62.3 Å². The van der Waals surface area contributed by atoms with Crippen LogP contribution in [0.3, 0.4) is 0 Å². The van der Waals surface area contributed by atoms with Gasteiger partial charge in [0.2, 0.25) is 0 Å². The fraction of sp³-hybridized carbons (Fsp3) is 0.667. The monoisotopic (exact) mass is 421 g/mol. The maximum Gasteiger partial charge on any atom is 0.193 e. The molecular formula is C21H32BrN3O. The lowest BCUT2D eigenvalue weighted by Crippen LogP contribution is -2.44. The quantitative estimate of drug-likeness (QED) is 0.428. The lowest BCUT2D eigenvalue weighted by atomic mass is 9.67. The zero-order valence-electron chi connectivity index (χ0n) is 16.5. The summed E-state index contributed by atoms with van der Waals surface area (Å²) < 4.78 is 6.47. The minimum absolute atomic E-state index is 0.139. The normalized spacial score (nSPS) is 28.6. The van der Waals surface area contributed by atoms with Crippen LogP contribution in [0.1, 0.15) is 63.6 Å². The van der Waals surface area contributed by atoms with Gasteiger partial charge in [-0.1, -0.05) is 41.8 Å². The molecule has 1 saturated carbocycles. The summed E-state index contributed by atoms with van der Waals surface area (Å²) in [4.78, 5) is 7.16. The van der Waals surface area contributed by atoms with Crippen LogP contribution in [-0.2, 0) is 11.2 Å². The number of fused-ring (bicyclic) bond motifs is 1. The molecule has 0 radical (unpaired) electrons. The summed E-state index contributed by atoms with van der Waals surface area (Å²) in [6.07, 6.45) is 6.15. The first kappa shape index (κ1) is 19.7. The van der Waals surface area contributed by atoms with Crippen LogP contribution in [0.15, 0.2) is 27.7 Å². The van der Waals surface area contributed by atoms with Gasteiger partial charge >= 0.3 is 0 Å². The van der Waals surface area contributed by atoms with Crippen LogP contribution < -0.4 is 5.73 Å². The number of rotatable bonds is 4. The Kier molecular flexibility index (Phi) is 5.97. The number of ether oxygens (including phenoxy) is 1. The molecule has 1 fully saturated rings.